The fourth-order valence-electron chi connectivity index (χ4n) is 2.80. The Labute approximate surface area is 112 Å². The van der Waals surface area contributed by atoms with Gasteiger partial charge in [0.2, 0.25) is 0 Å². The fraction of sp³-hybridized carbons (Fsp3) is 0.600. The van der Waals surface area contributed by atoms with E-state index in [1.807, 2.05) is 19.9 Å². The molecule has 1 saturated carbocycles. The number of hydrogen-bond donors (Lipinski definition) is 1. The normalized spacial score (nSPS) is 30.3. The Hall–Kier alpha value is -0.670. The molecule has 0 radical (unpaired) electrons. The van der Waals surface area contributed by atoms with Crippen molar-refractivity contribution in [2.75, 3.05) is 0 Å². The number of rotatable bonds is 3. The second kappa shape index (κ2) is 5.98. The predicted octanol–water partition coefficient (Wildman–Crippen LogP) is 2.81. The van der Waals surface area contributed by atoms with E-state index in [0.29, 0.717) is 5.92 Å². The van der Waals surface area contributed by atoms with Crippen molar-refractivity contribution in [1.29, 1.82) is 0 Å². The van der Waals surface area contributed by atoms with E-state index in [1.165, 1.54) is 5.56 Å². The molecule has 0 heterocycles. The van der Waals surface area contributed by atoms with Crippen LogP contribution in [0, 0.1) is 0 Å². The standard InChI is InChI=1S/C15H23NOS/c1-11(2)18(17)15-10-13(8-9-14(15)16)12-6-4-3-5-7-12/h3-7,11,13-15H,8-10,16H2,1-2H3. The summed E-state index contributed by atoms with van der Waals surface area (Å²) in [7, 11) is -0.808. The Balaban J connectivity index is 2.12. The minimum absolute atomic E-state index is 0.105. The Morgan fingerprint density at radius 1 is 1.22 bits per heavy atom. The second-order valence-electron chi connectivity index (χ2n) is 5.50. The third-order valence-electron chi connectivity index (χ3n) is 3.88. The maximum Gasteiger partial charge on any atom is 0.0507 e. The van der Waals surface area contributed by atoms with E-state index in [9.17, 15) is 4.21 Å². The summed E-state index contributed by atoms with van der Waals surface area (Å²) < 4.78 is 12.3. The van der Waals surface area contributed by atoms with Crippen molar-refractivity contribution in [2.24, 2.45) is 5.73 Å². The highest BCUT2D eigenvalue weighted by molar-refractivity contribution is 7.86. The van der Waals surface area contributed by atoms with Crippen LogP contribution in [0.25, 0.3) is 0 Å². The Morgan fingerprint density at radius 2 is 1.89 bits per heavy atom. The molecule has 0 amide bonds. The van der Waals surface area contributed by atoms with Gasteiger partial charge in [0.25, 0.3) is 0 Å². The molecule has 0 spiro atoms. The first-order chi connectivity index (χ1) is 8.59. The molecule has 0 aliphatic heterocycles. The third-order valence-corrected chi connectivity index (χ3v) is 5.94. The van der Waals surface area contributed by atoms with Gasteiger partial charge in [0, 0.05) is 22.1 Å². The van der Waals surface area contributed by atoms with Gasteiger partial charge in [0.1, 0.15) is 0 Å². The van der Waals surface area contributed by atoms with Gasteiger partial charge in [-0.05, 0) is 30.7 Å². The molecule has 4 unspecified atom stereocenters. The maximum atomic E-state index is 12.3. The van der Waals surface area contributed by atoms with E-state index in [1.54, 1.807) is 0 Å². The van der Waals surface area contributed by atoms with Crippen LogP contribution in [-0.4, -0.2) is 20.8 Å². The van der Waals surface area contributed by atoms with Crippen LogP contribution in [0.2, 0.25) is 0 Å². The molecule has 1 aromatic rings. The second-order valence-corrected chi connectivity index (χ2v) is 7.71. The molecule has 1 fully saturated rings. The maximum absolute atomic E-state index is 12.3. The molecule has 3 heteroatoms. The van der Waals surface area contributed by atoms with Gasteiger partial charge in [0.15, 0.2) is 0 Å². The van der Waals surface area contributed by atoms with E-state index in [0.717, 1.165) is 19.3 Å². The van der Waals surface area contributed by atoms with Crippen LogP contribution in [-0.2, 0) is 10.8 Å². The van der Waals surface area contributed by atoms with Crippen molar-refractivity contribution >= 4 is 10.8 Å². The molecule has 0 saturated heterocycles. The first-order valence-corrected chi connectivity index (χ1v) is 8.07. The molecular weight excluding hydrogens is 242 g/mol. The lowest BCUT2D eigenvalue weighted by Crippen LogP contribution is -2.44. The minimum atomic E-state index is -0.808. The fourth-order valence-corrected chi connectivity index (χ4v) is 4.40. The van der Waals surface area contributed by atoms with Gasteiger partial charge in [-0.1, -0.05) is 44.2 Å². The molecule has 2 nitrogen and oxygen atoms in total. The van der Waals surface area contributed by atoms with Crippen molar-refractivity contribution < 1.29 is 4.21 Å². The summed E-state index contributed by atoms with van der Waals surface area (Å²) in [4.78, 5) is 0. The van der Waals surface area contributed by atoms with Crippen molar-refractivity contribution in [1.82, 2.24) is 0 Å². The van der Waals surface area contributed by atoms with Crippen molar-refractivity contribution in [3.8, 4) is 0 Å². The smallest absolute Gasteiger partial charge is 0.0507 e. The molecule has 0 bridgehead atoms. The average Bonchev–Trinajstić information content (AvgIpc) is 2.39. The van der Waals surface area contributed by atoms with E-state index in [2.05, 4.69) is 24.3 Å². The van der Waals surface area contributed by atoms with Crippen LogP contribution in [0.1, 0.15) is 44.6 Å². The summed E-state index contributed by atoms with van der Waals surface area (Å²) in [6.07, 6.45) is 3.08. The summed E-state index contributed by atoms with van der Waals surface area (Å²) in [6, 6.07) is 10.7. The van der Waals surface area contributed by atoms with Crippen LogP contribution in [0.15, 0.2) is 30.3 Å². The van der Waals surface area contributed by atoms with Gasteiger partial charge in [0.05, 0.1) is 5.25 Å². The van der Waals surface area contributed by atoms with Crippen molar-refractivity contribution in [3.63, 3.8) is 0 Å². The van der Waals surface area contributed by atoms with Gasteiger partial charge < -0.3 is 5.73 Å². The number of benzene rings is 1. The Bertz CT molecular complexity index is 404. The lowest BCUT2D eigenvalue weighted by molar-refractivity contribution is 0.399. The molecule has 1 aliphatic rings. The molecule has 1 aromatic carbocycles. The van der Waals surface area contributed by atoms with Crippen LogP contribution in [0.4, 0.5) is 0 Å². The van der Waals surface area contributed by atoms with E-state index < -0.39 is 10.8 Å². The summed E-state index contributed by atoms with van der Waals surface area (Å²) >= 11 is 0. The van der Waals surface area contributed by atoms with E-state index >= 15 is 0 Å². The van der Waals surface area contributed by atoms with Crippen molar-refractivity contribution in [2.45, 2.75) is 55.6 Å². The molecule has 18 heavy (non-hydrogen) atoms. The lowest BCUT2D eigenvalue weighted by atomic mass is 9.82. The summed E-state index contributed by atoms with van der Waals surface area (Å²) in [5.74, 6) is 0.527. The van der Waals surface area contributed by atoms with Crippen LogP contribution < -0.4 is 5.73 Å². The molecule has 2 N–H and O–H groups in total. The van der Waals surface area contributed by atoms with Crippen LogP contribution in [0.5, 0.6) is 0 Å². The molecule has 2 rings (SSSR count). The minimum Gasteiger partial charge on any atom is -0.327 e. The number of hydrogen-bond acceptors (Lipinski definition) is 2. The Kier molecular flexibility index (Phi) is 4.57. The summed E-state index contributed by atoms with van der Waals surface area (Å²) in [5, 5.41) is 0.361. The zero-order chi connectivity index (χ0) is 13.1. The zero-order valence-corrected chi connectivity index (χ0v) is 12.0. The first kappa shape index (κ1) is 13.8. The lowest BCUT2D eigenvalue weighted by Gasteiger charge is -2.34. The highest BCUT2D eigenvalue weighted by Gasteiger charge is 2.33. The topological polar surface area (TPSA) is 43.1 Å². The van der Waals surface area contributed by atoms with Gasteiger partial charge in [-0.3, -0.25) is 4.21 Å². The molecule has 4 atom stereocenters. The average molecular weight is 265 g/mol. The third kappa shape index (κ3) is 3.01. The van der Waals surface area contributed by atoms with E-state index in [-0.39, 0.29) is 16.5 Å². The molecular formula is C15H23NOS. The molecule has 100 valence electrons. The quantitative estimate of drug-likeness (QED) is 0.913. The molecule has 1 aliphatic carbocycles. The van der Waals surface area contributed by atoms with Gasteiger partial charge >= 0.3 is 0 Å². The van der Waals surface area contributed by atoms with E-state index in [4.69, 9.17) is 5.73 Å². The first-order valence-electron chi connectivity index (χ1n) is 6.79. The monoisotopic (exact) mass is 265 g/mol. The van der Waals surface area contributed by atoms with Gasteiger partial charge in [-0.2, -0.15) is 0 Å². The SMILES string of the molecule is CC(C)S(=O)C1CC(c2ccccc2)CCC1N. The zero-order valence-electron chi connectivity index (χ0n) is 11.2. The summed E-state index contributed by atoms with van der Waals surface area (Å²) in [5.41, 5.74) is 7.54. The summed E-state index contributed by atoms with van der Waals surface area (Å²) in [6.45, 7) is 4.05. The largest absolute Gasteiger partial charge is 0.327 e. The highest BCUT2D eigenvalue weighted by atomic mass is 32.2. The predicted molar refractivity (Wildman–Crippen MR) is 78.1 cm³/mol. The van der Waals surface area contributed by atoms with Crippen molar-refractivity contribution in [3.05, 3.63) is 35.9 Å². The van der Waals surface area contributed by atoms with Gasteiger partial charge in [-0.15, -0.1) is 0 Å². The van der Waals surface area contributed by atoms with Crippen LogP contribution >= 0.6 is 0 Å². The van der Waals surface area contributed by atoms with Gasteiger partial charge in [-0.25, -0.2) is 0 Å². The highest BCUT2D eigenvalue weighted by Crippen LogP contribution is 2.35. The van der Waals surface area contributed by atoms with Crippen LogP contribution in [0.3, 0.4) is 0 Å². The Morgan fingerprint density at radius 3 is 2.50 bits per heavy atom. The molecule has 0 aromatic heterocycles. The number of nitrogens with two attached hydrogens (primary N) is 1.